The highest BCUT2D eigenvalue weighted by Crippen LogP contribution is 2.20. The number of rotatable bonds is 4. The first-order valence-corrected chi connectivity index (χ1v) is 5.96. The number of anilines is 1. The summed E-state index contributed by atoms with van der Waals surface area (Å²) in [5, 5.41) is 10.8. The largest absolute Gasteiger partial charge is 0.308 e. The van der Waals surface area contributed by atoms with Crippen LogP contribution in [0.15, 0.2) is 24.3 Å². The fourth-order valence-corrected chi connectivity index (χ4v) is 1.86. The van der Waals surface area contributed by atoms with Gasteiger partial charge in [0.2, 0.25) is 5.91 Å². The lowest BCUT2D eigenvalue weighted by Crippen LogP contribution is -2.20. The first kappa shape index (κ1) is 11.6. The van der Waals surface area contributed by atoms with E-state index in [4.69, 9.17) is 0 Å². The monoisotopic (exact) mass is 231 g/mol. The number of para-hydroxylation sites is 1. The van der Waals surface area contributed by atoms with Crippen molar-refractivity contribution in [3.63, 3.8) is 0 Å². The van der Waals surface area contributed by atoms with Crippen molar-refractivity contribution >= 4 is 22.6 Å². The fourth-order valence-electron chi connectivity index (χ4n) is 1.86. The predicted molar refractivity (Wildman–Crippen MR) is 68.8 cm³/mol. The van der Waals surface area contributed by atoms with Crippen molar-refractivity contribution in [3.05, 3.63) is 24.3 Å². The Bertz CT molecular complexity index is 518. The third-order valence-corrected chi connectivity index (χ3v) is 2.88. The summed E-state index contributed by atoms with van der Waals surface area (Å²) in [5.74, 6) is 0.674. The first-order valence-electron chi connectivity index (χ1n) is 5.96. The Labute approximate surface area is 100 Å². The van der Waals surface area contributed by atoms with Crippen LogP contribution in [0.5, 0.6) is 0 Å². The van der Waals surface area contributed by atoms with Crippen molar-refractivity contribution in [2.24, 2.45) is 5.92 Å². The van der Waals surface area contributed by atoms with Gasteiger partial charge in [0.25, 0.3) is 0 Å². The van der Waals surface area contributed by atoms with Gasteiger partial charge in [0, 0.05) is 11.3 Å². The van der Waals surface area contributed by atoms with Crippen LogP contribution in [0.2, 0.25) is 0 Å². The third kappa shape index (κ3) is 2.46. The molecule has 2 rings (SSSR count). The molecule has 1 unspecified atom stereocenters. The lowest BCUT2D eigenvalue weighted by Gasteiger charge is -2.09. The molecular weight excluding hydrogens is 214 g/mol. The summed E-state index contributed by atoms with van der Waals surface area (Å²) in [6.45, 7) is 4.02. The summed E-state index contributed by atoms with van der Waals surface area (Å²) in [7, 11) is 0. The van der Waals surface area contributed by atoms with Gasteiger partial charge in [0.15, 0.2) is 5.82 Å². The van der Waals surface area contributed by atoms with Gasteiger partial charge in [0.05, 0.1) is 5.52 Å². The Morgan fingerprint density at radius 1 is 1.47 bits per heavy atom. The maximum atomic E-state index is 11.9. The Kier molecular flexibility index (Phi) is 3.42. The molecule has 0 aliphatic heterocycles. The molecule has 0 saturated carbocycles. The summed E-state index contributed by atoms with van der Waals surface area (Å²) < 4.78 is 0. The van der Waals surface area contributed by atoms with E-state index >= 15 is 0 Å². The Balaban J connectivity index is 2.16. The Morgan fingerprint density at radius 2 is 2.24 bits per heavy atom. The summed E-state index contributed by atoms with van der Waals surface area (Å²) in [5.41, 5.74) is 0.936. The number of amides is 1. The zero-order valence-electron chi connectivity index (χ0n) is 10.2. The van der Waals surface area contributed by atoms with E-state index in [2.05, 4.69) is 22.4 Å². The third-order valence-electron chi connectivity index (χ3n) is 2.88. The van der Waals surface area contributed by atoms with Gasteiger partial charge in [-0.05, 0) is 18.6 Å². The van der Waals surface area contributed by atoms with E-state index < -0.39 is 0 Å². The lowest BCUT2D eigenvalue weighted by molar-refractivity contribution is -0.119. The molecule has 17 heavy (non-hydrogen) atoms. The van der Waals surface area contributed by atoms with Crippen LogP contribution in [-0.4, -0.2) is 16.1 Å². The van der Waals surface area contributed by atoms with Crippen molar-refractivity contribution in [3.8, 4) is 0 Å². The zero-order valence-corrected chi connectivity index (χ0v) is 10.2. The van der Waals surface area contributed by atoms with E-state index in [1.165, 1.54) is 0 Å². The van der Waals surface area contributed by atoms with Crippen LogP contribution in [0.25, 0.3) is 10.9 Å². The van der Waals surface area contributed by atoms with E-state index in [1.807, 2.05) is 31.2 Å². The summed E-state index contributed by atoms with van der Waals surface area (Å²) in [6.07, 6.45) is 1.91. The van der Waals surface area contributed by atoms with Crippen LogP contribution in [0, 0.1) is 5.92 Å². The van der Waals surface area contributed by atoms with Crippen molar-refractivity contribution < 1.29 is 4.79 Å². The van der Waals surface area contributed by atoms with E-state index in [0.717, 1.165) is 23.7 Å². The van der Waals surface area contributed by atoms with Gasteiger partial charge in [-0.1, -0.05) is 32.4 Å². The molecule has 0 spiro atoms. The number of fused-ring (bicyclic) bond motifs is 1. The second-order valence-electron chi connectivity index (χ2n) is 4.30. The number of hydrogen-bond acceptors (Lipinski definition) is 2. The minimum atomic E-state index is 0.0236. The minimum Gasteiger partial charge on any atom is -0.308 e. The Hall–Kier alpha value is -1.84. The maximum Gasteiger partial charge on any atom is 0.228 e. The molecular formula is C13H17N3O. The maximum absolute atomic E-state index is 11.9. The number of hydrogen-bond donors (Lipinski definition) is 2. The highest BCUT2D eigenvalue weighted by atomic mass is 16.1. The van der Waals surface area contributed by atoms with Gasteiger partial charge < -0.3 is 5.32 Å². The SMILES string of the molecule is CCCC(C)C(=O)Nc1n[nH]c2ccccc12. The van der Waals surface area contributed by atoms with Crippen molar-refractivity contribution in [1.29, 1.82) is 0 Å². The van der Waals surface area contributed by atoms with Crippen LogP contribution in [0.4, 0.5) is 5.82 Å². The number of carbonyl (C=O) groups is 1. The number of H-pyrrole nitrogens is 1. The van der Waals surface area contributed by atoms with E-state index in [9.17, 15) is 4.79 Å². The number of aromatic nitrogens is 2. The quantitative estimate of drug-likeness (QED) is 0.850. The highest BCUT2D eigenvalue weighted by molar-refractivity contribution is 6.00. The normalized spacial score (nSPS) is 12.6. The zero-order chi connectivity index (χ0) is 12.3. The first-order chi connectivity index (χ1) is 8.22. The molecule has 0 radical (unpaired) electrons. The average Bonchev–Trinajstić information content (AvgIpc) is 2.73. The standard InChI is InChI=1S/C13H17N3O/c1-3-6-9(2)13(17)14-12-10-7-4-5-8-11(10)15-16-12/h4-5,7-9H,3,6H2,1-2H3,(H2,14,15,16,17). The van der Waals surface area contributed by atoms with E-state index in [0.29, 0.717) is 5.82 Å². The van der Waals surface area contributed by atoms with Crippen molar-refractivity contribution in [1.82, 2.24) is 10.2 Å². The lowest BCUT2D eigenvalue weighted by atomic mass is 10.1. The number of aromatic amines is 1. The molecule has 0 fully saturated rings. The van der Waals surface area contributed by atoms with Crippen molar-refractivity contribution in [2.45, 2.75) is 26.7 Å². The summed E-state index contributed by atoms with van der Waals surface area (Å²) in [4.78, 5) is 11.9. The van der Waals surface area contributed by atoms with Crippen LogP contribution < -0.4 is 5.32 Å². The predicted octanol–water partition coefficient (Wildman–Crippen LogP) is 2.94. The molecule has 1 aromatic carbocycles. The number of benzene rings is 1. The van der Waals surface area contributed by atoms with Gasteiger partial charge in [-0.25, -0.2) is 0 Å². The van der Waals surface area contributed by atoms with Gasteiger partial charge >= 0.3 is 0 Å². The molecule has 0 bridgehead atoms. The highest BCUT2D eigenvalue weighted by Gasteiger charge is 2.14. The molecule has 1 atom stereocenters. The number of nitrogens with zero attached hydrogens (tertiary/aromatic N) is 1. The molecule has 1 heterocycles. The molecule has 2 aromatic rings. The molecule has 1 aromatic heterocycles. The molecule has 0 aliphatic rings. The van der Waals surface area contributed by atoms with Gasteiger partial charge in [0.1, 0.15) is 0 Å². The van der Waals surface area contributed by atoms with Gasteiger partial charge in [-0.2, -0.15) is 5.10 Å². The Morgan fingerprint density at radius 3 is 3.00 bits per heavy atom. The topological polar surface area (TPSA) is 57.8 Å². The van der Waals surface area contributed by atoms with Crippen LogP contribution in [-0.2, 0) is 4.79 Å². The molecule has 1 amide bonds. The fraction of sp³-hybridized carbons (Fsp3) is 0.385. The minimum absolute atomic E-state index is 0.0236. The molecule has 0 saturated heterocycles. The second kappa shape index (κ2) is 4.99. The van der Waals surface area contributed by atoms with Crippen LogP contribution in [0.1, 0.15) is 26.7 Å². The molecule has 2 N–H and O–H groups in total. The van der Waals surface area contributed by atoms with E-state index in [-0.39, 0.29) is 11.8 Å². The number of carbonyl (C=O) groups excluding carboxylic acids is 1. The summed E-state index contributed by atoms with van der Waals surface area (Å²) >= 11 is 0. The molecule has 4 heteroatoms. The van der Waals surface area contributed by atoms with Crippen LogP contribution >= 0.6 is 0 Å². The average molecular weight is 231 g/mol. The smallest absolute Gasteiger partial charge is 0.228 e. The molecule has 4 nitrogen and oxygen atoms in total. The summed E-state index contributed by atoms with van der Waals surface area (Å²) in [6, 6.07) is 7.75. The molecule has 90 valence electrons. The van der Waals surface area contributed by atoms with E-state index in [1.54, 1.807) is 0 Å². The van der Waals surface area contributed by atoms with Crippen molar-refractivity contribution in [2.75, 3.05) is 5.32 Å². The number of nitrogens with one attached hydrogen (secondary N) is 2. The van der Waals surface area contributed by atoms with Gasteiger partial charge in [-0.15, -0.1) is 0 Å². The second-order valence-corrected chi connectivity index (χ2v) is 4.30. The van der Waals surface area contributed by atoms with Gasteiger partial charge in [-0.3, -0.25) is 9.89 Å². The van der Waals surface area contributed by atoms with Crippen LogP contribution in [0.3, 0.4) is 0 Å². The molecule has 0 aliphatic carbocycles.